The predicted molar refractivity (Wildman–Crippen MR) is 74.3 cm³/mol. The largest absolute Gasteiger partial charge is 0.394 e. The first-order valence-corrected chi connectivity index (χ1v) is 7.26. The number of nitrogens with zero attached hydrogens (tertiary/aromatic N) is 1. The maximum absolute atomic E-state index is 11.7. The molecule has 0 unspecified atom stereocenters. The number of amides is 1. The van der Waals surface area contributed by atoms with Gasteiger partial charge >= 0.3 is 0 Å². The Kier molecular flexibility index (Phi) is 6.47. The minimum absolute atomic E-state index is 0.145. The smallest absolute Gasteiger partial charge is 0.230 e. The average molecular weight is 304 g/mol. The highest BCUT2D eigenvalue weighted by atomic mass is 32.2. The van der Waals surface area contributed by atoms with Gasteiger partial charge in [-0.15, -0.1) is 11.8 Å². The fraction of sp³-hybridized carbons (Fsp3) is 0.667. The van der Waals surface area contributed by atoms with Crippen molar-refractivity contribution < 1.29 is 24.6 Å². The number of thioether (sulfide) groups is 1. The Morgan fingerprint density at radius 2 is 1.90 bits per heavy atom. The van der Waals surface area contributed by atoms with Crippen molar-refractivity contribution >= 4 is 17.7 Å². The molecule has 0 spiro atoms. The van der Waals surface area contributed by atoms with Crippen molar-refractivity contribution in [1.29, 1.82) is 0 Å². The molecule has 4 N–H and O–H groups in total. The second kappa shape index (κ2) is 7.63. The molecule has 0 bridgehead atoms. The maximum Gasteiger partial charge on any atom is 0.230 e. The van der Waals surface area contributed by atoms with Crippen LogP contribution >= 0.6 is 11.8 Å². The number of hydrogen-bond acceptors (Lipinski definition) is 7. The summed E-state index contributed by atoms with van der Waals surface area (Å²) >= 11 is 1.36. The van der Waals surface area contributed by atoms with Crippen LogP contribution in [-0.2, 0) is 10.5 Å². The van der Waals surface area contributed by atoms with Crippen LogP contribution in [0.3, 0.4) is 0 Å². The van der Waals surface area contributed by atoms with E-state index in [-0.39, 0.29) is 11.7 Å². The Balaban J connectivity index is 2.44. The molecule has 0 fully saturated rings. The first kappa shape index (κ1) is 17.0. The number of aryl methyl sites for hydroxylation is 2. The van der Waals surface area contributed by atoms with Crippen molar-refractivity contribution in [3.05, 3.63) is 17.0 Å². The van der Waals surface area contributed by atoms with Gasteiger partial charge in [-0.2, -0.15) is 0 Å². The van der Waals surface area contributed by atoms with Crippen LogP contribution in [0.2, 0.25) is 0 Å². The fourth-order valence-electron chi connectivity index (χ4n) is 1.55. The van der Waals surface area contributed by atoms with E-state index in [1.54, 1.807) is 0 Å². The molecule has 1 rings (SSSR count). The molecule has 0 saturated heterocycles. The Bertz CT molecular complexity index is 417. The van der Waals surface area contributed by atoms with Gasteiger partial charge in [0.15, 0.2) is 0 Å². The molecule has 1 aromatic rings. The zero-order valence-corrected chi connectivity index (χ0v) is 12.4. The quantitative estimate of drug-likeness (QED) is 0.504. The Morgan fingerprint density at radius 3 is 2.35 bits per heavy atom. The number of hydrogen-bond donors (Lipinski definition) is 4. The van der Waals surface area contributed by atoms with Crippen molar-refractivity contribution in [1.82, 2.24) is 10.5 Å². The van der Waals surface area contributed by atoms with E-state index in [0.717, 1.165) is 17.0 Å². The summed E-state index contributed by atoms with van der Waals surface area (Å²) in [6.45, 7) is 2.06. The van der Waals surface area contributed by atoms with Crippen LogP contribution < -0.4 is 5.32 Å². The molecule has 0 radical (unpaired) electrons. The topological polar surface area (TPSA) is 116 Å². The molecule has 0 atom stereocenters. The lowest BCUT2D eigenvalue weighted by molar-refractivity contribution is -0.122. The lowest BCUT2D eigenvalue weighted by atomic mass is 10.0. The zero-order chi connectivity index (χ0) is 15.2. The molecule has 114 valence electrons. The Labute approximate surface area is 121 Å². The van der Waals surface area contributed by atoms with Crippen molar-refractivity contribution in [2.24, 2.45) is 0 Å². The van der Waals surface area contributed by atoms with Crippen molar-refractivity contribution in [2.45, 2.75) is 25.1 Å². The van der Waals surface area contributed by atoms with Crippen molar-refractivity contribution in [3.8, 4) is 0 Å². The molecule has 20 heavy (non-hydrogen) atoms. The van der Waals surface area contributed by atoms with Crippen LogP contribution in [0.4, 0.5) is 0 Å². The van der Waals surface area contributed by atoms with Crippen molar-refractivity contribution in [3.63, 3.8) is 0 Å². The summed E-state index contributed by atoms with van der Waals surface area (Å²) in [5, 5.41) is 33.6. The molecule has 1 aromatic heterocycles. The second-order valence-corrected chi connectivity index (χ2v) is 5.58. The SMILES string of the molecule is Cc1noc(C)c1CSCC(=O)NC(CO)(CO)CO. The van der Waals surface area contributed by atoms with E-state index in [1.165, 1.54) is 11.8 Å². The van der Waals surface area contributed by atoms with E-state index in [1.807, 2.05) is 13.8 Å². The highest BCUT2D eigenvalue weighted by Crippen LogP contribution is 2.19. The molecule has 0 aliphatic rings. The van der Waals surface area contributed by atoms with Crippen LogP contribution in [0.25, 0.3) is 0 Å². The molecule has 0 aliphatic carbocycles. The summed E-state index contributed by atoms with van der Waals surface area (Å²) in [6, 6.07) is 0. The van der Waals surface area contributed by atoms with Gasteiger partial charge in [-0.3, -0.25) is 4.79 Å². The van der Waals surface area contributed by atoms with Gasteiger partial charge in [-0.1, -0.05) is 5.16 Å². The predicted octanol–water partition coefficient (Wildman–Crippen LogP) is -0.643. The molecule has 0 saturated carbocycles. The standard InChI is InChI=1S/C12H20N2O5S/c1-8-10(9(2)19-14-8)3-20-4-11(18)13-12(5-15,6-16)7-17/h15-17H,3-7H2,1-2H3,(H,13,18). The minimum atomic E-state index is -1.37. The number of carbonyl (C=O) groups excluding carboxylic acids is 1. The summed E-state index contributed by atoms with van der Waals surface area (Å²) in [5.41, 5.74) is 0.382. The van der Waals surface area contributed by atoms with Gasteiger partial charge in [-0.05, 0) is 13.8 Å². The molecular formula is C12H20N2O5S. The fourth-order valence-corrected chi connectivity index (χ4v) is 2.53. The average Bonchev–Trinajstić information content (AvgIpc) is 2.76. The molecule has 7 nitrogen and oxygen atoms in total. The van der Waals surface area contributed by atoms with Gasteiger partial charge in [0.05, 0.1) is 31.3 Å². The molecule has 0 aromatic carbocycles. The molecule has 1 amide bonds. The monoisotopic (exact) mass is 304 g/mol. The number of aliphatic hydroxyl groups excluding tert-OH is 3. The van der Waals surface area contributed by atoms with E-state index < -0.39 is 25.4 Å². The first-order chi connectivity index (χ1) is 9.48. The minimum Gasteiger partial charge on any atom is -0.394 e. The Hall–Kier alpha value is -1.09. The van der Waals surface area contributed by atoms with Crippen LogP contribution in [0.5, 0.6) is 0 Å². The summed E-state index contributed by atoms with van der Waals surface area (Å²) in [4.78, 5) is 11.7. The number of aromatic nitrogens is 1. The van der Waals surface area contributed by atoms with Crippen LogP contribution in [0.1, 0.15) is 17.0 Å². The van der Waals surface area contributed by atoms with E-state index >= 15 is 0 Å². The first-order valence-electron chi connectivity index (χ1n) is 6.11. The van der Waals surface area contributed by atoms with E-state index in [0.29, 0.717) is 5.75 Å². The number of rotatable bonds is 8. The molecule has 8 heteroatoms. The van der Waals surface area contributed by atoms with Crippen LogP contribution in [0, 0.1) is 13.8 Å². The van der Waals surface area contributed by atoms with E-state index in [2.05, 4.69) is 10.5 Å². The van der Waals surface area contributed by atoms with E-state index in [4.69, 9.17) is 19.8 Å². The highest BCUT2D eigenvalue weighted by Gasteiger charge is 2.29. The normalized spacial score (nSPS) is 11.7. The van der Waals surface area contributed by atoms with Crippen LogP contribution in [0.15, 0.2) is 4.52 Å². The van der Waals surface area contributed by atoms with Gasteiger partial charge in [-0.25, -0.2) is 0 Å². The summed E-state index contributed by atoms with van der Waals surface area (Å²) in [7, 11) is 0. The van der Waals surface area contributed by atoms with Crippen LogP contribution in [-0.4, -0.2) is 57.5 Å². The van der Waals surface area contributed by atoms with Gasteiger partial charge in [0.25, 0.3) is 0 Å². The number of carbonyl (C=O) groups is 1. The molecular weight excluding hydrogens is 284 g/mol. The number of aliphatic hydroxyl groups is 3. The highest BCUT2D eigenvalue weighted by molar-refractivity contribution is 7.99. The Morgan fingerprint density at radius 1 is 1.30 bits per heavy atom. The summed E-state index contributed by atoms with van der Waals surface area (Å²) in [5.74, 6) is 1.09. The van der Waals surface area contributed by atoms with Gasteiger partial charge < -0.3 is 25.2 Å². The summed E-state index contributed by atoms with van der Waals surface area (Å²) < 4.78 is 5.02. The lowest BCUT2D eigenvalue weighted by Crippen LogP contribution is -2.57. The third-order valence-electron chi connectivity index (χ3n) is 2.97. The van der Waals surface area contributed by atoms with E-state index in [9.17, 15) is 4.79 Å². The molecule has 0 aliphatic heterocycles. The third-order valence-corrected chi connectivity index (χ3v) is 3.93. The third kappa shape index (κ3) is 4.20. The lowest BCUT2D eigenvalue weighted by Gasteiger charge is -2.28. The second-order valence-electron chi connectivity index (χ2n) is 4.60. The zero-order valence-electron chi connectivity index (χ0n) is 11.5. The van der Waals surface area contributed by atoms with Crippen molar-refractivity contribution in [2.75, 3.05) is 25.6 Å². The number of nitrogens with one attached hydrogen (secondary N) is 1. The van der Waals surface area contributed by atoms with Gasteiger partial charge in [0, 0.05) is 11.3 Å². The van der Waals surface area contributed by atoms with Gasteiger partial charge in [0.2, 0.25) is 5.91 Å². The molecule has 1 heterocycles. The maximum atomic E-state index is 11.7. The van der Waals surface area contributed by atoms with Gasteiger partial charge in [0.1, 0.15) is 11.3 Å². The summed E-state index contributed by atoms with van der Waals surface area (Å²) in [6.07, 6.45) is 0.